The number of fused-ring (bicyclic) bond motifs is 5. The molecule has 11 nitrogen and oxygen atoms in total. The second kappa shape index (κ2) is 8.54. The Labute approximate surface area is 213 Å². The van der Waals surface area contributed by atoms with Crippen molar-refractivity contribution >= 4 is 5.78 Å². The van der Waals surface area contributed by atoms with Gasteiger partial charge in [-0.25, -0.2) is 0 Å². The van der Waals surface area contributed by atoms with Crippen molar-refractivity contribution in [3.05, 3.63) is 23.7 Å². The lowest BCUT2D eigenvalue weighted by Crippen LogP contribution is -2.61. The van der Waals surface area contributed by atoms with E-state index in [-0.39, 0.29) is 24.5 Å². The van der Waals surface area contributed by atoms with Crippen molar-refractivity contribution < 1.29 is 54.4 Å². The van der Waals surface area contributed by atoms with E-state index in [2.05, 4.69) is 0 Å². The quantitative estimate of drug-likeness (QED) is 0.257. The molecule has 0 aromatic carbocycles. The van der Waals surface area contributed by atoms with E-state index in [9.17, 15) is 40.5 Å². The number of carbonyl (C=O) groups is 1. The highest BCUT2D eigenvalue weighted by molar-refractivity contribution is 5.97. The third-order valence-electron chi connectivity index (χ3n) is 10.5. The summed E-state index contributed by atoms with van der Waals surface area (Å²) in [7, 11) is 0. The zero-order valence-corrected chi connectivity index (χ0v) is 20.6. The van der Waals surface area contributed by atoms with E-state index in [4.69, 9.17) is 13.9 Å². The molecule has 206 valence electrons. The van der Waals surface area contributed by atoms with Crippen LogP contribution < -0.4 is 0 Å². The molecule has 2 heterocycles. The number of hydrogen-bond donors (Lipinski definition) is 7. The van der Waals surface area contributed by atoms with Gasteiger partial charge in [-0.1, -0.05) is 6.92 Å². The lowest BCUT2D eigenvalue weighted by molar-refractivity contribution is -0.313. The zero-order valence-electron chi connectivity index (χ0n) is 20.6. The van der Waals surface area contributed by atoms with Gasteiger partial charge in [-0.3, -0.25) is 4.79 Å². The number of aliphatic hydroxyl groups excluding tert-OH is 6. The van der Waals surface area contributed by atoms with Crippen LogP contribution in [0, 0.1) is 22.7 Å². The third kappa shape index (κ3) is 3.36. The fourth-order valence-electron chi connectivity index (χ4n) is 8.92. The van der Waals surface area contributed by atoms with E-state index in [0.29, 0.717) is 25.0 Å². The molecule has 4 aliphatic carbocycles. The van der Waals surface area contributed by atoms with Crippen LogP contribution in [0.15, 0.2) is 16.7 Å². The van der Waals surface area contributed by atoms with Gasteiger partial charge in [0.25, 0.3) is 0 Å². The highest BCUT2D eigenvalue weighted by atomic mass is 16.7. The monoisotopic (exact) mass is 524 g/mol. The molecule has 11 heteroatoms. The summed E-state index contributed by atoms with van der Waals surface area (Å²) in [6.45, 7) is 0.928. The molecular formula is C26H36O11. The molecule has 0 amide bonds. The Balaban J connectivity index is 1.28. The summed E-state index contributed by atoms with van der Waals surface area (Å²) in [5.74, 6) is -0.732. The number of hydrogen-bond acceptors (Lipinski definition) is 11. The van der Waals surface area contributed by atoms with Crippen molar-refractivity contribution in [3.63, 3.8) is 0 Å². The van der Waals surface area contributed by atoms with Gasteiger partial charge in [-0.2, -0.15) is 0 Å². The second-order valence-electron chi connectivity index (χ2n) is 12.2. The van der Waals surface area contributed by atoms with Crippen LogP contribution in [0.3, 0.4) is 0 Å². The average molecular weight is 525 g/mol. The Hall–Kier alpha value is -1.41. The van der Waals surface area contributed by atoms with Gasteiger partial charge in [0.1, 0.15) is 30.0 Å². The van der Waals surface area contributed by atoms with Crippen molar-refractivity contribution in [2.24, 2.45) is 22.7 Å². The van der Waals surface area contributed by atoms with Gasteiger partial charge in [0.15, 0.2) is 17.8 Å². The minimum absolute atomic E-state index is 0.0213. The third-order valence-corrected chi connectivity index (χ3v) is 10.5. The normalized spacial score (nSPS) is 52.9. The van der Waals surface area contributed by atoms with E-state index < -0.39 is 84.4 Å². The fraction of sp³-hybridized carbons (Fsp3) is 0.808. The molecule has 1 aromatic heterocycles. The molecule has 1 aromatic rings. The number of ketones is 1. The van der Waals surface area contributed by atoms with Crippen molar-refractivity contribution in [3.8, 4) is 0 Å². The van der Waals surface area contributed by atoms with Crippen molar-refractivity contribution in [2.45, 2.75) is 93.5 Å². The van der Waals surface area contributed by atoms with Gasteiger partial charge >= 0.3 is 0 Å². The van der Waals surface area contributed by atoms with Gasteiger partial charge in [0.05, 0.1) is 31.7 Å². The van der Waals surface area contributed by atoms with Crippen LogP contribution in [0.1, 0.15) is 61.1 Å². The van der Waals surface area contributed by atoms with Crippen LogP contribution >= 0.6 is 0 Å². The average Bonchev–Trinajstić information content (AvgIpc) is 3.40. The first-order valence-corrected chi connectivity index (χ1v) is 13.1. The van der Waals surface area contributed by atoms with Crippen LogP contribution in [-0.2, 0) is 9.47 Å². The number of ether oxygens (including phenoxy) is 2. The van der Waals surface area contributed by atoms with Crippen LogP contribution in [-0.4, -0.2) is 103 Å². The van der Waals surface area contributed by atoms with Gasteiger partial charge in [-0.15, -0.1) is 0 Å². The van der Waals surface area contributed by atoms with Crippen molar-refractivity contribution in [1.82, 2.24) is 0 Å². The van der Waals surface area contributed by atoms with Crippen LogP contribution in [0.2, 0.25) is 0 Å². The summed E-state index contributed by atoms with van der Waals surface area (Å²) >= 11 is 0. The molecule has 13 atom stereocenters. The number of aliphatic hydroxyl groups is 7. The summed E-state index contributed by atoms with van der Waals surface area (Å²) in [6, 6.07) is 1.82. The Bertz CT molecular complexity index is 1060. The summed E-state index contributed by atoms with van der Waals surface area (Å²) in [5, 5.41) is 74.9. The Morgan fingerprint density at radius 1 is 1.14 bits per heavy atom. The maximum absolute atomic E-state index is 13.0. The zero-order chi connectivity index (χ0) is 26.5. The Morgan fingerprint density at radius 2 is 1.89 bits per heavy atom. The smallest absolute Gasteiger partial charge is 0.198 e. The predicted molar refractivity (Wildman–Crippen MR) is 123 cm³/mol. The molecule has 1 aliphatic heterocycles. The number of carbonyl (C=O) groups excluding carboxylic acids is 1. The van der Waals surface area contributed by atoms with Crippen LogP contribution in [0.5, 0.6) is 0 Å². The van der Waals surface area contributed by atoms with E-state index >= 15 is 0 Å². The number of furan rings is 1. The summed E-state index contributed by atoms with van der Waals surface area (Å²) < 4.78 is 16.6. The predicted octanol–water partition coefficient (Wildman–Crippen LogP) is -0.955. The van der Waals surface area contributed by atoms with E-state index in [1.165, 1.54) is 6.26 Å². The van der Waals surface area contributed by atoms with Crippen LogP contribution in [0.25, 0.3) is 0 Å². The lowest BCUT2D eigenvalue weighted by atomic mass is 9.43. The molecule has 2 bridgehead atoms. The van der Waals surface area contributed by atoms with E-state index in [0.717, 1.165) is 5.56 Å². The Morgan fingerprint density at radius 3 is 2.62 bits per heavy atom. The molecule has 4 fully saturated rings. The highest BCUT2D eigenvalue weighted by Crippen LogP contribution is 2.72. The van der Waals surface area contributed by atoms with E-state index in [1.54, 1.807) is 0 Å². The highest BCUT2D eigenvalue weighted by Gasteiger charge is 2.73. The molecule has 3 saturated carbocycles. The van der Waals surface area contributed by atoms with Gasteiger partial charge in [0, 0.05) is 17.4 Å². The maximum atomic E-state index is 13.0. The minimum atomic E-state index is -1.78. The van der Waals surface area contributed by atoms with Gasteiger partial charge in [0.2, 0.25) is 0 Å². The number of Topliss-reactive ketones (excluding diaryl/α,β-unsaturated/α-hetero) is 1. The van der Waals surface area contributed by atoms with Gasteiger partial charge in [-0.05, 0) is 54.9 Å². The summed E-state index contributed by atoms with van der Waals surface area (Å²) in [6.07, 6.45) is -6.02. The molecule has 0 radical (unpaired) electrons. The maximum Gasteiger partial charge on any atom is 0.198 e. The number of rotatable bonds is 4. The topological polar surface area (TPSA) is 190 Å². The first-order chi connectivity index (χ1) is 17.5. The summed E-state index contributed by atoms with van der Waals surface area (Å²) in [5.41, 5.74) is -2.42. The molecule has 37 heavy (non-hydrogen) atoms. The largest absolute Gasteiger partial charge is 0.461 e. The molecule has 1 spiro atoms. The van der Waals surface area contributed by atoms with Crippen molar-refractivity contribution in [2.75, 3.05) is 13.2 Å². The van der Waals surface area contributed by atoms with Gasteiger partial charge < -0.3 is 49.6 Å². The SMILES string of the molecule is C[C@@]12CC(=O)c3occc3[C@H]1CC[C@@]13C[C@@H](C[C@H](O)[C@@H]21)[C@@](O)(CO[C@@H]1O[C@H](CO)[C@@H](O)[C@@H](O)[C@H]1O)[C@@H]3O. The molecule has 5 aliphatic rings. The summed E-state index contributed by atoms with van der Waals surface area (Å²) in [4.78, 5) is 13.0. The van der Waals surface area contributed by atoms with Crippen LogP contribution in [0.4, 0.5) is 0 Å². The van der Waals surface area contributed by atoms with E-state index in [1.807, 2.05) is 13.0 Å². The molecule has 0 unspecified atom stereocenters. The molecule has 6 rings (SSSR count). The first kappa shape index (κ1) is 25.8. The standard InChI is InChI=1S/C26H36O11/c1-24-8-15(29)20-12(3-5-35-20)13(24)2-4-25-7-11(6-14(28)21(24)25)26(34,23(25)33)10-36-22-19(32)18(31)17(30)16(9-27)37-22/h3,5,11,13-14,16-19,21-23,27-28,30-34H,2,4,6-10H2,1H3/t11-,13-,14+,16-,17-,18-,19-,21+,22-,23-,24-,25-,26+/m1/s1. The molecular weight excluding hydrogens is 488 g/mol. The molecule has 1 saturated heterocycles. The Kier molecular flexibility index (Phi) is 5.97. The lowest BCUT2D eigenvalue weighted by Gasteiger charge is -2.61. The first-order valence-electron chi connectivity index (χ1n) is 13.1. The van der Waals surface area contributed by atoms with Crippen molar-refractivity contribution in [1.29, 1.82) is 0 Å². The fourth-order valence-corrected chi connectivity index (χ4v) is 8.92. The molecule has 7 N–H and O–H groups in total. The second-order valence-corrected chi connectivity index (χ2v) is 12.2. The minimum Gasteiger partial charge on any atom is -0.461 e.